The number of thiophene rings is 1. The number of rotatable bonds is 3. The van der Waals surface area contributed by atoms with E-state index in [9.17, 15) is 13.2 Å². The summed E-state index contributed by atoms with van der Waals surface area (Å²) < 4.78 is 27.1. The summed E-state index contributed by atoms with van der Waals surface area (Å²) in [5, 5.41) is 1.74. The Morgan fingerprint density at radius 3 is 2.73 bits per heavy atom. The number of sulfonamides is 1. The fourth-order valence-corrected chi connectivity index (χ4v) is 5.99. The highest BCUT2D eigenvalue weighted by Gasteiger charge is 2.42. The number of hydrogen-bond acceptors (Lipinski definition) is 5. The first kappa shape index (κ1) is 15.9. The molecule has 3 rings (SSSR count). The van der Waals surface area contributed by atoms with Crippen molar-refractivity contribution in [1.29, 1.82) is 0 Å². The number of piperidine rings is 1. The lowest BCUT2D eigenvalue weighted by molar-refractivity contribution is -0.135. The van der Waals surface area contributed by atoms with E-state index >= 15 is 0 Å². The van der Waals surface area contributed by atoms with Crippen LogP contribution in [0, 0.1) is 0 Å². The van der Waals surface area contributed by atoms with Gasteiger partial charge in [-0.15, -0.1) is 11.3 Å². The first-order valence-electron chi connectivity index (χ1n) is 7.60. The number of carbonyl (C=O) groups is 1. The molecule has 0 radical (unpaired) electrons. The number of hydrogen-bond donors (Lipinski definition) is 1. The van der Waals surface area contributed by atoms with Crippen LogP contribution in [-0.2, 0) is 14.8 Å². The average Bonchev–Trinajstić information content (AvgIpc) is 3.18. The third-order valence-electron chi connectivity index (χ3n) is 4.32. The molecule has 122 valence electrons. The lowest BCUT2D eigenvalue weighted by Crippen LogP contribution is -2.52. The van der Waals surface area contributed by atoms with E-state index < -0.39 is 16.1 Å². The molecule has 0 aliphatic carbocycles. The first-order chi connectivity index (χ1) is 10.5. The SMILES string of the molecule is NC1CCCN(C(=O)C2CCCN2S(=O)(=O)c2cccs2)C1. The third kappa shape index (κ3) is 2.92. The standard InChI is InChI=1S/C14H21N3O3S2/c15-11-4-1-7-16(10-11)14(18)12-5-2-8-17(12)22(19,20)13-6-3-9-21-13/h3,6,9,11-12H,1-2,4-5,7-8,10,15H2. The molecule has 2 aliphatic heterocycles. The molecule has 0 bridgehead atoms. The zero-order valence-electron chi connectivity index (χ0n) is 12.3. The van der Waals surface area contributed by atoms with E-state index in [2.05, 4.69) is 0 Å². The molecule has 2 saturated heterocycles. The van der Waals surface area contributed by atoms with E-state index in [4.69, 9.17) is 5.73 Å². The monoisotopic (exact) mass is 343 g/mol. The number of nitrogens with zero attached hydrogens (tertiary/aromatic N) is 2. The molecule has 3 heterocycles. The largest absolute Gasteiger partial charge is 0.340 e. The molecule has 6 nitrogen and oxygen atoms in total. The number of nitrogens with two attached hydrogens (primary N) is 1. The Labute approximate surface area is 134 Å². The Bertz CT molecular complexity index is 630. The van der Waals surface area contributed by atoms with Crippen LogP contribution in [-0.4, -0.2) is 55.2 Å². The van der Waals surface area contributed by atoms with Crippen molar-refractivity contribution in [2.45, 2.75) is 42.0 Å². The summed E-state index contributed by atoms with van der Waals surface area (Å²) in [7, 11) is -3.57. The van der Waals surface area contributed by atoms with Gasteiger partial charge in [-0.25, -0.2) is 8.42 Å². The van der Waals surface area contributed by atoms with Crippen LogP contribution in [0.15, 0.2) is 21.7 Å². The van der Waals surface area contributed by atoms with Crippen LogP contribution in [0.5, 0.6) is 0 Å². The second-order valence-corrected chi connectivity index (χ2v) is 8.96. The highest BCUT2D eigenvalue weighted by molar-refractivity contribution is 7.91. The molecule has 0 spiro atoms. The van der Waals surface area contributed by atoms with Gasteiger partial charge in [0, 0.05) is 25.7 Å². The molecule has 0 aromatic carbocycles. The molecule has 1 amide bonds. The minimum atomic E-state index is -3.57. The van der Waals surface area contributed by atoms with Gasteiger partial charge in [0.1, 0.15) is 10.3 Å². The normalized spacial score (nSPS) is 27.2. The third-order valence-corrected chi connectivity index (χ3v) is 7.60. The van der Waals surface area contributed by atoms with E-state index in [-0.39, 0.29) is 11.9 Å². The lowest BCUT2D eigenvalue weighted by atomic mass is 10.1. The van der Waals surface area contributed by atoms with Crippen LogP contribution in [0.3, 0.4) is 0 Å². The Kier molecular flexibility index (Phi) is 4.54. The minimum absolute atomic E-state index is 0.00135. The van der Waals surface area contributed by atoms with Crippen LogP contribution < -0.4 is 5.73 Å². The van der Waals surface area contributed by atoms with E-state index in [1.165, 1.54) is 15.6 Å². The Hall–Kier alpha value is -0.960. The molecule has 8 heteroatoms. The van der Waals surface area contributed by atoms with Gasteiger partial charge in [0.2, 0.25) is 5.91 Å². The summed E-state index contributed by atoms with van der Waals surface area (Å²) in [6.45, 7) is 1.62. The fraction of sp³-hybridized carbons (Fsp3) is 0.643. The molecule has 22 heavy (non-hydrogen) atoms. The highest BCUT2D eigenvalue weighted by atomic mass is 32.2. The van der Waals surface area contributed by atoms with Crippen molar-refractivity contribution in [2.75, 3.05) is 19.6 Å². The molecule has 1 aromatic heterocycles. The molecule has 2 fully saturated rings. The number of amides is 1. The van der Waals surface area contributed by atoms with Crippen LogP contribution in [0.2, 0.25) is 0 Å². The van der Waals surface area contributed by atoms with E-state index in [0.29, 0.717) is 30.3 Å². The fourth-order valence-electron chi connectivity index (χ4n) is 3.22. The number of carbonyl (C=O) groups excluding carboxylic acids is 1. The molecular formula is C14H21N3O3S2. The molecular weight excluding hydrogens is 322 g/mol. The topological polar surface area (TPSA) is 83.7 Å². The molecule has 0 saturated carbocycles. The Morgan fingerprint density at radius 2 is 2.05 bits per heavy atom. The Morgan fingerprint density at radius 1 is 1.27 bits per heavy atom. The smallest absolute Gasteiger partial charge is 0.253 e. The predicted octanol–water partition coefficient (Wildman–Crippen LogP) is 0.851. The van der Waals surface area contributed by atoms with Gasteiger partial charge in [-0.05, 0) is 37.1 Å². The highest BCUT2D eigenvalue weighted by Crippen LogP contribution is 2.29. The molecule has 2 unspecified atom stereocenters. The van der Waals surface area contributed by atoms with Crippen LogP contribution in [0.25, 0.3) is 0 Å². The summed E-state index contributed by atoms with van der Waals surface area (Å²) in [4.78, 5) is 14.5. The van der Waals surface area contributed by atoms with Gasteiger partial charge in [-0.2, -0.15) is 4.31 Å². The van der Waals surface area contributed by atoms with Crippen LogP contribution >= 0.6 is 11.3 Å². The summed E-state index contributed by atoms with van der Waals surface area (Å²) >= 11 is 1.19. The summed E-state index contributed by atoms with van der Waals surface area (Å²) in [5.74, 6) is -0.0900. The summed E-state index contributed by atoms with van der Waals surface area (Å²) in [6.07, 6.45) is 3.12. The van der Waals surface area contributed by atoms with E-state index in [1.54, 1.807) is 22.4 Å². The van der Waals surface area contributed by atoms with Crippen molar-refractivity contribution in [3.05, 3.63) is 17.5 Å². The maximum absolute atomic E-state index is 12.7. The van der Waals surface area contributed by atoms with Gasteiger partial charge < -0.3 is 10.6 Å². The van der Waals surface area contributed by atoms with Crippen molar-refractivity contribution in [3.8, 4) is 0 Å². The zero-order valence-corrected chi connectivity index (χ0v) is 14.0. The second-order valence-electron chi connectivity index (χ2n) is 5.89. The van der Waals surface area contributed by atoms with Gasteiger partial charge in [0.05, 0.1) is 0 Å². The van der Waals surface area contributed by atoms with E-state index in [0.717, 1.165) is 19.3 Å². The van der Waals surface area contributed by atoms with Gasteiger partial charge in [0.15, 0.2) is 0 Å². The van der Waals surface area contributed by atoms with Crippen molar-refractivity contribution in [1.82, 2.24) is 9.21 Å². The van der Waals surface area contributed by atoms with Gasteiger partial charge in [0.25, 0.3) is 10.0 Å². The van der Waals surface area contributed by atoms with Crippen molar-refractivity contribution >= 4 is 27.3 Å². The van der Waals surface area contributed by atoms with Crippen molar-refractivity contribution in [3.63, 3.8) is 0 Å². The lowest BCUT2D eigenvalue weighted by Gasteiger charge is -2.34. The quantitative estimate of drug-likeness (QED) is 0.882. The van der Waals surface area contributed by atoms with Gasteiger partial charge >= 0.3 is 0 Å². The molecule has 1 aromatic rings. The van der Waals surface area contributed by atoms with E-state index in [1.807, 2.05) is 0 Å². The molecule has 2 N–H and O–H groups in total. The zero-order chi connectivity index (χ0) is 15.7. The maximum Gasteiger partial charge on any atom is 0.253 e. The van der Waals surface area contributed by atoms with Crippen molar-refractivity contribution in [2.24, 2.45) is 5.73 Å². The van der Waals surface area contributed by atoms with Crippen LogP contribution in [0.1, 0.15) is 25.7 Å². The first-order valence-corrected chi connectivity index (χ1v) is 9.92. The van der Waals surface area contributed by atoms with Crippen molar-refractivity contribution < 1.29 is 13.2 Å². The van der Waals surface area contributed by atoms with Gasteiger partial charge in [-0.1, -0.05) is 6.07 Å². The predicted molar refractivity (Wildman–Crippen MR) is 85.0 cm³/mol. The summed E-state index contributed by atoms with van der Waals surface area (Å²) in [6, 6.07) is 2.74. The average molecular weight is 343 g/mol. The van der Waals surface area contributed by atoms with Crippen LogP contribution in [0.4, 0.5) is 0 Å². The molecule has 2 atom stereocenters. The Balaban J connectivity index is 1.80. The minimum Gasteiger partial charge on any atom is -0.340 e. The second kappa shape index (κ2) is 6.27. The van der Waals surface area contributed by atoms with Gasteiger partial charge in [-0.3, -0.25) is 4.79 Å². The maximum atomic E-state index is 12.7. The number of likely N-dealkylation sites (tertiary alicyclic amines) is 1. The summed E-state index contributed by atoms with van der Waals surface area (Å²) in [5.41, 5.74) is 5.94. The molecule has 2 aliphatic rings.